The molecule has 4 fully saturated rings. The van der Waals surface area contributed by atoms with Crippen molar-refractivity contribution in [3.63, 3.8) is 0 Å². The second kappa shape index (κ2) is 5.06. The van der Waals surface area contributed by atoms with E-state index in [9.17, 15) is 16.8 Å². The van der Waals surface area contributed by atoms with Gasteiger partial charge in [0.2, 0.25) is 12.6 Å². The summed E-state index contributed by atoms with van der Waals surface area (Å²) in [6.07, 6.45) is -5.24. The molecule has 4 aliphatic rings. The van der Waals surface area contributed by atoms with E-state index >= 15 is 0 Å². The van der Waals surface area contributed by atoms with Crippen LogP contribution in [0.1, 0.15) is 0 Å². The molecule has 0 spiro atoms. The molecule has 1 unspecified atom stereocenters. The second-order valence-corrected chi connectivity index (χ2v) is 10.0. The van der Waals surface area contributed by atoms with E-state index in [1.54, 1.807) is 0 Å². The van der Waals surface area contributed by atoms with E-state index in [0.717, 1.165) is 17.2 Å². The van der Waals surface area contributed by atoms with Crippen molar-refractivity contribution in [3.8, 4) is 0 Å². The van der Waals surface area contributed by atoms with Crippen LogP contribution >= 0.6 is 0 Å². The van der Waals surface area contributed by atoms with E-state index < -0.39 is 57.9 Å². The van der Waals surface area contributed by atoms with Gasteiger partial charge in [-0.1, -0.05) is 0 Å². The van der Waals surface area contributed by atoms with Crippen LogP contribution in [0.3, 0.4) is 0 Å². The molecule has 0 aromatic carbocycles. The Balaban J connectivity index is 1.50. The van der Waals surface area contributed by atoms with Crippen LogP contribution in [0, 0.1) is 0 Å². The summed E-state index contributed by atoms with van der Waals surface area (Å²) in [6.45, 7) is 0. The van der Waals surface area contributed by atoms with E-state index in [-0.39, 0.29) is 0 Å². The van der Waals surface area contributed by atoms with Crippen LogP contribution in [-0.4, -0.2) is 99.7 Å². The number of ether oxygens (including phenoxy) is 4. The highest BCUT2D eigenvalue weighted by Crippen LogP contribution is 2.40. The Labute approximate surface area is 139 Å². The third kappa shape index (κ3) is 2.00. The Hall–Kier alpha value is -0.420. The third-order valence-corrected chi connectivity index (χ3v) is 8.44. The van der Waals surface area contributed by atoms with Crippen molar-refractivity contribution in [3.05, 3.63) is 0 Å². The summed E-state index contributed by atoms with van der Waals surface area (Å²) >= 11 is 0. The van der Waals surface area contributed by atoms with Gasteiger partial charge in [0, 0.05) is 28.2 Å². The molecule has 0 N–H and O–H groups in total. The fraction of sp³-hybridized carbons (Fsp3) is 1.00. The van der Waals surface area contributed by atoms with Crippen LogP contribution in [-0.2, 0) is 39.4 Å². The van der Waals surface area contributed by atoms with Crippen LogP contribution in [0.25, 0.3) is 0 Å². The van der Waals surface area contributed by atoms with Crippen molar-refractivity contribution in [2.24, 2.45) is 0 Å². The minimum atomic E-state index is -3.62. The highest BCUT2D eigenvalue weighted by Gasteiger charge is 2.61. The SMILES string of the molecule is CN1[C@@H]2OC(C3O[C@@H]4[C@H](O3)N(C)S(=O)(=O)N4C)O[C@H]2N(C)S1(=O)=O. The van der Waals surface area contributed by atoms with Gasteiger partial charge >= 0.3 is 0 Å². The molecule has 0 bridgehead atoms. The summed E-state index contributed by atoms with van der Waals surface area (Å²) in [7, 11) is -1.68. The van der Waals surface area contributed by atoms with Gasteiger partial charge in [0.05, 0.1) is 0 Å². The maximum atomic E-state index is 12.0. The molecule has 4 heterocycles. The van der Waals surface area contributed by atoms with Crippen molar-refractivity contribution in [2.45, 2.75) is 37.5 Å². The van der Waals surface area contributed by atoms with Gasteiger partial charge in [-0.2, -0.15) is 34.1 Å². The van der Waals surface area contributed by atoms with Crippen molar-refractivity contribution >= 4 is 20.4 Å². The van der Waals surface area contributed by atoms with Crippen LogP contribution in [0.15, 0.2) is 0 Å². The summed E-state index contributed by atoms with van der Waals surface area (Å²) in [4.78, 5) is 0. The lowest BCUT2D eigenvalue weighted by Crippen LogP contribution is -2.40. The molecule has 0 saturated carbocycles. The summed E-state index contributed by atoms with van der Waals surface area (Å²) in [5.74, 6) is 0. The van der Waals surface area contributed by atoms with Crippen LogP contribution in [0.2, 0.25) is 0 Å². The fourth-order valence-corrected chi connectivity index (χ4v) is 5.61. The molecule has 0 aliphatic carbocycles. The van der Waals surface area contributed by atoms with Gasteiger partial charge in [-0.15, -0.1) is 0 Å². The molecular weight excluding hydrogens is 368 g/mol. The number of hydrogen-bond acceptors (Lipinski definition) is 8. The Bertz CT molecular complexity index is 647. The normalized spacial score (nSPS) is 46.6. The first-order valence-corrected chi connectivity index (χ1v) is 9.90. The summed E-state index contributed by atoms with van der Waals surface area (Å²) in [6, 6.07) is 0. The molecule has 4 aliphatic heterocycles. The first kappa shape index (κ1) is 17.0. The van der Waals surface area contributed by atoms with Crippen molar-refractivity contribution in [1.29, 1.82) is 0 Å². The topological polar surface area (TPSA) is 118 Å². The monoisotopic (exact) mass is 386 g/mol. The van der Waals surface area contributed by atoms with E-state index in [1.807, 2.05) is 0 Å². The number of nitrogens with zero attached hydrogens (tertiary/aromatic N) is 4. The lowest BCUT2D eigenvalue weighted by molar-refractivity contribution is -0.236. The van der Waals surface area contributed by atoms with Crippen LogP contribution in [0.4, 0.5) is 0 Å². The largest absolute Gasteiger partial charge is 0.324 e. The summed E-state index contributed by atoms with van der Waals surface area (Å²) in [5, 5.41) is 0. The zero-order chi connectivity index (χ0) is 17.6. The predicted octanol–water partition coefficient (Wildman–Crippen LogP) is -2.72. The van der Waals surface area contributed by atoms with Gasteiger partial charge in [-0.25, -0.2) is 0 Å². The highest BCUT2D eigenvalue weighted by atomic mass is 32.2. The van der Waals surface area contributed by atoms with Crippen molar-refractivity contribution < 1.29 is 35.8 Å². The Morgan fingerprint density at radius 2 is 0.750 bits per heavy atom. The number of likely N-dealkylation sites (N-methyl/N-ethyl adjacent to an activating group) is 4. The maximum absolute atomic E-state index is 12.0. The minimum Gasteiger partial charge on any atom is -0.324 e. The molecule has 24 heavy (non-hydrogen) atoms. The summed E-state index contributed by atoms with van der Waals surface area (Å²) < 4.78 is 74.8. The second-order valence-electron chi connectivity index (χ2n) is 5.92. The van der Waals surface area contributed by atoms with Gasteiger partial charge < -0.3 is 18.9 Å². The molecule has 0 aromatic rings. The molecule has 138 valence electrons. The van der Waals surface area contributed by atoms with Gasteiger partial charge in [-0.05, 0) is 0 Å². The zero-order valence-electron chi connectivity index (χ0n) is 13.3. The quantitative estimate of drug-likeness (QED) is 0.477. The minimum absolute atomic E-state index is 0.822. The lowest BCUT2D eigenvalue weighted by atomic mass is 10.5. The number of fused-ring (bicyclic) bond motifs is 2. The molecule has 5 atom stereocenters. The zero-order valence-corrected chi connectivity index (χ0v) is 15.0. The van der Waals surface area contributed by atoms with Gasteiger partial charge in [-0.3, -0.25) is 0 Å². The highest BCUT2D eigenvalue weighted by molar-refractivity contribution is 7.87. The smallest absolute Gasteiger partial charge is 0.286 e. The Morgan fingerprint density at radius 3 is 0.958 bits per heavy atom. The Morgan fingerprint density at radius 1 is 0.542 bits per heavy atom. The Kier molecular flexibility index (Phi) is 3.59. The maximum Gasteiger partial charge on any atom is 0.286 e. The lowest BCUT2D eigenvalue weighted by Gasteiger charge is -2.24. The molecule has 0 aromatic heterocycles. The van der Waals surface area contributed by atoms with Gasteiger partial charge in [0.25, 0.3) is 20.4 Å². The average Bonchev–Trinajstić information content (AvgIpc) is 3.20. The fourth-order valence-electron chi connectivity index (χ4n) is 3.13. The molecule has 0 radical (unpaired) electrons. The van der Waals surface area contributed by atoms with Gasteiger partial charge in [0.1, 0.15) is 0 Å². The third-order valence-electron chi connectivity index (χ3n) is 4.69. The first-order valence-electron chi connectivity index (χ1n) is 7.10. The predicted molar refractivity (Wildman–Crippen MR) is 76.0 cm³/mol. The first-order chi connectivity index (χ1) is 11.1. The summed E-state index contributed by atoms with van der Waals surface area (Å²) in [5.41, 5.74) is 0. The van der Waals surface area contributed by atoms with E-state index in [2.05, 4.69) is 0 Å². The molecule has 4 saturated heterocycles. The standard InChI is InChI=1S/C10H18N4O8S2/c1-11-5-6(12(2)23(11,15)16)20-9(19-5)10-21-7-8(22-10)14(4)24(17,18)13(7)3/h5-10H,1-4H3/t5-,6-,7-,8+,10?/m1/s1. The number of rotatable bonds is 1. The molecular formula is C10H18N4O8S2. The van der Waals surface area contributed by atoms with Crippen LogP contribution < -0.4 is 0 Å². The van der Waals surface area contributed by atoms with Crippen molar-refractivity contribution in [1.82, 2.24) is 17.2 Å². The van der Waals surface area contributed by atoms with E-state index in [0.29, 0.717) is 0 Å². The molecule has 14 heteroatoms. The van der Waals surface area contributed by atoms with Crippen molar-refractivity contribution in [2.75, 3.05) is 28.2 Å². The van der Waals surface area contributed by atoms with Crippen LogP contribution in [0.5, 0.6) is 0 Å². The average molecular weight is 386 g/mol. The van der Waals surface area contributed by atoms with E-state index in [4.69, 9.17) is 18.9 Å². The number of hydrogen-bond donors (Lipinski definition) is 0. The van der Waals surface area contributed by atoms with E-state index in [1.165, 1.54) is 28.2 Å². The molecule has 0 amide bonds. The molecule has 4 rings (SSSR count). The molecule has 12 nitrogen and oxygen atoms in total. The van der Waals surface area contributed by atoms with Gasteiger partial charge in [0.15, 0.2) is 24.9 Å².